The Morgan fingerprint density at radius 3 is 1.22 bits per heavy atom. The first-order valence-electron chi connectivity index (χ1n) is 21.0. The van der Waals surface area contributed by atoms with Crippen molar-refractivity contribution in [3.05, 3.63) is 144 Å². The van der Waals surface area contributed by atoms with Crippen molar-refractivity contribution in [2.45, 2.75) is 75.0 Å². The average molecular weight is 687 g/mol. The molecule has 4 aliphatic heterocycles. The van der Waals surface area contributed by atoms with Gasteiger partial charge < -0.3 is 0 Å². The van der Waals surface area contributed by atoms with Crippen LogP contribution in [-0.2, 0) is 10.8 Å². The lowest BCUT2D eigenvalue weighted by Crippen LogP contribution is -2.63. The maximum atomic E-state index is 2.60. The minimum Gasteiger partial charge on any atom is -0.0667 e. The van der Waals surface area contributed by atoms with Gasteiger partial charge in [0, 0.05) is 10.8 Å². The van der Waals surface area contributed by atoms with Crippen molar-refractivity contribution in [3.63, 3.8) is 0 Å². The lowest BCUT2D eigenvalue weighted by atomic mass is 9.28. The zero-order valence-electron chi connectivity index (χ0n) is 30.8. The Morgan fingerprint density at radius 1 is 0.333 bits per heavy atom. The van der Waals surface area contributed by atoms with Crippen molar-refractivity contribution in [1.29, 1.82) is 0 Å². The molecule has 54 heavy (non-hydrogen) atoms. The van der Waals surface area contributed by atoms with Crippen LogP contribution >= 0.6 is 0 Å². The van der Waals surface area contributed by atoms with E-state index in [1.807, 2.05) is 0 Å². The molecule has 2 aliphatic carbocycles. The highest BCUT2D eigenvalue weighted by Gasteiger charge is 2.50. The highest BCUT2D eigenvalue weighted by molar-refractivity contribution is 7.00. The standard InChI is InChI=1S/C52H40B2/c1-7-25-51(26-8-1)37-15-3-5-19-41(37)53-43-23-21-32-30-36-34-14-12-18-40-50(34)54(42-20-6-4-16-38(42)52(40)27-9-2-10-28-52)44-24-22-31-29-35(33-13-11-17-39(51)49(33)53)47(43)45(32)46(31)48(36)44/h3-6,11-24,29-30H,1-2,7-10,25-28H2. The first kappa shape index (κ1) is 29.3. The van der Waals surface area contributed by atoms with Crippen molar-refractivity contribution in [2.24, 2.45) is 0 Å². The van der Waals surface area contributed by atoms with E-state index in [1.54, 1.807) is 44.1 Å². The van der Waals surface area contributed by atoms with Crippen LogP contribution in [0.3, 0.4) is 0 Å². The van der Waals surface area contributed by atoms with Crippen LogP contribution in [-0.4, -0.2) is 13.4 Å². The zero-order chi connectivity index (χ0) is 34.9. The number of rotatable bonds is 0. The van der Waals surface area contributed by atoms with E-state index in [1.165, 1.54) is 130 Å². The van der Waals surface area contributed by atoms with E-state index in [0.29, 0.717) is 0 Å². The largest absolute Gasteiger partial charge is 0.243 e. The predicted molar refractivity (Wildman–Crippen MR) is 231 cm³/mol. The van der Waals surface area contributed by atoms with Gasteiger partial charge in [-0.25, -0.2) is 0 Å². The van der Waals surface area contributed by atoms with Crippen LogP contribution in [0.5, 0.6) is 0 Å². The Morgan fingerprint density at radius 2 is 0.759 bits per heavy atom. The molecule has 0 unspecified atom stereocenters. The van der Waals surface area contributed by atoms with E-state index < -0.39 is 0 Å². The summed E-state index contributed by atoms with van der Waals surface area (Å²) in [6, 6.07) is 49.3. The van der Waals surface area contributed by atoms with E-state index in [2.05, 4.69) is 121 Å². The second-order valence-corrected chi connectivity index (χ2v) is 18.0. The van der Waals surface area contributed by atoms with Gasteiger partial charge in [-0.1, -0.05) is 180 Å². The molecule has 0 bridgehead atoms. The van der Waals surface area contributed by atoms with Gasteiger partial charge in [0.2, 0.25) is 13.4 Å². The van der Waals surface area contributed by atoms with Crippen LogP contribution < -0.4 is 32.8 Å². The molecule has 0 saturated heterocycles. The molecule has 2 heteroatoms. The number of benzene rings is 8. The number of fused-ring (bicyclic) bond motifs is 12. The lowest BCUT2D eigenvalue weighted by molar-refractivity contribution is 0.348. The van der Waals surface area contributed by atoms with Gasteiger partial charge in [0.25, 0.3) is 0 Å². The van der Waals surface area contributed by atoms with Crippen molar-refractivity contribution in [2.75, 3.05) is 0 Å². The summed E-state index contributed by atoms with van der Waals surface area (Å²) in [5, 5.41) is 8.76. The maximum absolute atomic E-state index is 2.60. The zero-order valence-corrected chi connectivity index (χ0v) is 30.8. The fourth-order valence-electron chi connectivity index (χ4n) is 14.1. The summed E-state index contributed by atoms with van der Waals surface area (Å²) in [5.74, 6) is 0. The monoisotopic (exact) mass is 686 g/mol. The van der Waals surface area contributed by atoms with Crippen LogP contribution in [0.15, 0.2) is 121 Å². The van der Waals surface area contributed by atoms with Crippen LogP contribution in [0, 0.1) is 0 Å². The Labute approximate surface area is 318 Å². The summed E-state index contributed by atoms with van der Waals surface area (Å²) in [6.45, 7) is 0.535. The van der Waals surface area contributed by atoms with Gasteiger partial charge in [0.1, 0.15) is 0 Å². The topological polar surface area (TPSA) is 0 Å². The van der Waals surface area contributed by atoms with Crippen LogP contribution in [0.4, 0.5) is 0 Å². The minimum absolute atomic E-state index is 0.130. The summed E-state index contributed by atoms with van der Waals surface area (Å²) in [7, 11) is 0. The van der Waals surface area contributed by atoms with Gasteiger partial charge >= 0.3 is 0 Å². The maximum Gasteiger partial charge on any atom is 0.243 e. The van der Waals surface area contributed by atoms with E-state index in [9.17, 15) is 0 Å². The molecule has 0 atom stereocenters. The molecule has 6 aliphatic rings. The average Bonchev–Trinajstić information content (AvgIpc) is 3.24. The molecule has 0 N–H and O–H groups in total. The molecule has 2 saturated carbocycles. The summed E-state index contributed by atoms with van der Waals surface area (Å²) < 4.78 is 0. The first-order valence-corrected chi connectivity index (χ1v) is 21.0. The molecule has 8 aromatic carbocycles. The number of hydrogen-bond donors (Lipinski definition) is 0. The SMILES string of the molecule is c1ccc2c(c1)B1c3c(cccc3C23CCCCC3)-c2cc3ccc4c5c(cc6ccc1c2c6c35)-c1cccc2c1B4c1ccccc1C21CCCCC1. The van der Waals surface area contributed by atoms with Crippen molar-refractivity contribution < 1.29 is 0 Å². The Hall–Kier alpha value is -5.07. The highest BCUT2D eigenvalue weighted by atomic mass is 14.5. The fourth-order valence-corrected chi connectivity index (χ4v) is 14.1. The summed E-state index contributed by atoms with van der Waals surface area (Å²) in [6.07, 6.45) is 13.1. The summed E-state index contributed by atoms with van der Waals surface area (Å²) >= 11 is 0. The molecule has 0 amide bonds. The van der Waals surface area contributed by atoms with E-state index in [-0.39, 0.29) is 24.3 Å². The van der Waals surface area contributed by atoms with Crippen molar-refractivity contribution in [1.82, 2.24) is 0 Å². The van der Waals surface area contributed by atoms with Crippen LogP contribution in [0.2, 0.25) is 0 Å². The van der Waals surface area contributed by atoms with Gasteiger partial charge in [-0.05, 0) is 115 Å². The predicted octanol–water partition coefficient (Wildman–Crippen LogP) is 8.70. The van der Waals surface area contributed by atoms with Crippen molar-refractivity contribution in [3.8, 4) is 22.3 Å². The van der Waals surface area contributed by atoms with Gasteiger partial charge in [0.05, 0.1) is 0 Å². The molecule has 4 heterocycles. The van der Waals surface area contributed by atoms with E-state index in [0.717, 1.165) is 0 Å². The fraction of sp³-hybridized carbons (Fsp3) is 0.231. The Kier molecular flexibility index (Phi) is 5.41. The molecule has 2 spiro atoms. The molecule has 0 nitrogen and oxygen atoms in total. The molecule has 0 aromatic heterocycles. The molecule has 8 aromatic rings. The van der Waals surface area contributed by atoms with Crippen molar-refractivity contribution >= 4 is 78.5 Å². The smallest absolute Gasteiger partial charge is 0.0667 e. The first-order chi connectivity index (χ1) is 26.8. The third kappa shape index (κ3) is 3.24. The summed E-state index contributed by atoms with van der Waals surface area (Å²) in [5.41, 5.74) is 21.9. The van der Waals surface area contributed by atoms with Gasteiger partial charge in [-0.15, -0.1) is 0 Å². The highest BCUT2D eigenvalue weighted by Crippen LogP contribution is 2.52. The third-order valence-electron chi connectivity index (χ3n) is 15.9. The molecule has 14 rings (SSSR count). The number of hydrogen-bond acceptors (Lipinski definition) is 0. The Bertz CT molecular complexity index is 2770. The van der Waals surface area contributed by atoms with Gasteiger partial charge in [-0.3, -0.25) is 0 Å². The van der Waals surface area contributed by atoms with Gasteiger partial charge in [0.15, 0.2) is 0 Å². The molecule has 254 valence electrons. The molecule has 2 fully saturated rings. The molecular weight excluding hydrogens is 646 g/mol. The molecular formula is C52H40B2. The summed E-state index contributed by atoms with van der Waals surface area (Å²) in [4.78, 5) is 0. The Balaban J connectivity index is 1.11. The lowest BCUT2D eigenvalue weighted by Gasteiger charge is -2.48. The van der Waals surface area contributed by atoms with E-state index >= 15 is 0 Å². The van der Waals surface area contributed by atoms with E-state index in [4.69, 9.17) is 0 Å². The van der Waals surface area contributed by atoms with Crippen LogP contribution in [0.1, 0.15) is 86.5 Å². The quantitative estimate of drug-likeness (QED) is 0.111. The second kappa shape index (κ2) is 9.96. The second-order valence-electron chi connectivity index (χ2n) is 18.0. The normalized spacial score (nSPS) is 19.0. The van der Waals surface area contributed by atoms with Gasteiger partial charge in [-0.2, -0.15) is 0 Å². The third-order valence-corrected chi connectivity index (χ3v) is 15.9. The minimum atomic E-state index is 0.130. The van der Waals surface area contributed by atoms with Crippen LogP contribution in [0.25, 0.3) is 54.6 Å². The molecule has 0 radical (unpaired) electrons.